The molecule has 0 atom stereocenters. The molecule has 2 heterocycles. The summed E-state index contributed by atoms with van der Waals surface area (Å²) in [7, 11) is 0. The maximum Gasteiger partial charge on any atom is 0.263 e. The van der Waals surface area contributed by atoms with Crippen molar-refractivity contribution in [3.05, 3.63) is 20.8 Å². The highest BCUT2D eigenvalue weighted by Crippen LogP contribution is 2.34. The van der Waals surface area contributed by atoms with Gasteiger partial charge < -0.3 is 0 Å². The van der Waals surface area contributed by atoms with Gasteiger partial charge in [-0.1, -0.05) is 24.6 Å². The first kappa shape index (κ1) is 17.5. The molecule has 0 amide bonds. The first-order chi connectivity index (χ1) is 11.6. The van der Waals surface area contributed by atoms with E-state index in [1.54, 1.807) is 23.1 Å². The molecule has 128 valence electrons. The van der Waals surface area contributed by atoms with Crippen molar-refractivity contribution in [2.75, 3.05) is 5.75 Å². The van der Waals surface area contributed by atoms with E-state index in [-0.39, 0.29) is 5.56 Å². The maximum absolute atomic E-state index is 13.2. The molecular weight excluding hydrogens is 338 g/mol. The van der Waals surface area contributed by atoms with E-state index in [0.29, 0.717) is 12.5 Å². The van der Waals surface area contributed by atoms with Gasteiger partial charge in [0.25, 0.3) is 5.56 Å². The van der Waals surface area contributed by atoms with Crippen LogP contribution in [0.5, 0.6) is 0 Å². The molecule has 1 fully saturated rings. The molecule has 0 aliphatic heterocycles. The van der Waals surface area contributed by atoms with Crippen LogP contribution in [-0.2, 0) is 0 Å². The summed E-state index contributed by atoms with van der Waals surface area (Å²) in [6.45, 7) is 4.10. The summed E-state index contributed by atoms with van der Waals surface area (Å²) in [6, 6.07) is 2.49. The number of unbranched alkanes of at least 4 members (excludes halogenated alkanes) is 2. The van der Waals surface area contributed by atoms with Crippen molar-refractivity contribution in [1.82, 2.24) is 9.55 Å². The number of hydrogen-bond acceptors (Lipinski definition) is 5. The van der Waals surface area contributed by atoms with E-state index < -0.39 is 0 Å². The van der Waals surface area contributed by atoms with Crippen LogP contribution in [0.4, 0.5) is 0 Å². The van der Waals surface area contributed by atoms with Gasteiger partial charge in [0, 0.05) is 23.1 Å². The van der Waals surface area contributed by atoms with Crippen LogP contribution in [-0.4, -0.2) is 15.3 Å². The van der Waals surface area contributed by atoms with Crippen molar-refractivity contribution in [3.8, 4) is 6.07 Å². The van der Waals surface area contributed by atoms with Gasteiger partial charge in [0.05, 0.1) is 11.5 Å². The smallest absolute Gasteiger partial charge is 0.263 e. The Kier molecular flexibility index (Phi) is 5.62. The molecule has 2 aromatic heterocycles. The Morgan fingerprint density at radius 2 is 2.08 bits per heavy atom. The lowest BCUT2D eigenvalue weighted by Gasteiger charge is -2.18. The number of nitriles is 1. The number of nitrogens with zero attached hydrogens (tertiary/aromatic N) is 3. The minimum Gasteiger partial charge on any atom is -0.284 e. The Balaban J connectivity index is 1.97. The summed E-state index contributed by atoms with van der Waals surface area (Å²) in [5.41, 5.74) is 1.23. The van der Waals surface area contributed by atoms with Gasteiger partial charge in [-0.15, -0.1) is 11.3 Å². The average molecular weight is 362 g/mol. The molecule has 0 N–H and O–H groups in total. The summed E-state index contributed by atoms with van der Waals surface area (Å²) in [6.07, 6.45) is 7.06. The summed E-state index contributed by atoms with van der Waals surface area (Å²) >= 11 is 3.30. The Bertz CT molecular complexity index is 825. The van der Waals surface area contributed by atoms with Crippen LogP contribution in [0.2, 0.25) is 0 Å². The minimum absolute atomic E-state index is 0.147. The third-order valence-electron chi connectivity index (χ3n) is 4.81. The third kappa shape index (κ3) is 3.38. The van der Waals surface area contributed by atoms with Crippen molar-refractivity contribution in [3.63, 3.8) is 0 Å². The standard InChI is InChI=1S/C18H23N3OS2/c1-12-13(2)24-16-15(12)17(22)21(14-8-4-5-9-14)18(20-16)23-11-7-3-6-10-19/h14H,3-9,11H2,1-2H3. The molecule has 24 heavy (non-hydrogen) atoms. The Hall–Kier alpha value is -1.32. The molecule has 0 bridgehead atoms. The SMILES string of the molecule is Cc1sc2nc(SCCCCC#N)n(C3CCCC3)c(=O)c2c1C. The zero-order valence-electron chi connectivity index (χ0n) is 14.3. The van der Waals surface area contributed by atoms with Gasteiger partial charge in [-0.25, -0.2) is 4.98 Å². The molecule has 0 aromatic carbocycles. The third-order valence-corrected chi connectivity index (χ3v) is 6.95. The lowest BCUT2D eigenvalue weighted by molar-refractivity contribution is 0.458. The van der Waals surface area contributed by atoms with Gasteiger partial charge in [0.2, 0.25) is 0 Å². The van der Waals surface area contributed by atoms with Gasteiger partial charge >= 0.3 is 0 Å². The fraction of sp³-hybridized carbons (Fsp3) is 0.611. The minimum atomic E-state index is 0.147. The number of rotatable bonds is 6. The number of thioether (sulfide) groups is 1. The molecule has 1 saturated carbocycles. The second-order valence-electron chi connectivity index (χ2n) is 6.43. The summed E-state index contributed by atoms with van der Waals surface area (Å²) in [4.78, 5) is 20.1. The molecule has 0 spiro atoms. The van der Waals surface area contributed by atoms with Crippen molar-refractivity contribution >= 4 is 33.3 Å². The van der Waals surface area contributed by atoms with E-state index in [1.807, 2.05) is 11.5 Å². The molecule has 2 aromatic rings. The van der Waals surface area contributed by atoms with E-state index in [0.717, 1.165) is 52.4 Å². The van der Waals surface area contributed by atoms with E-state index >= 15 is 0 Å². The van der Waals surface area contributed by atoms with Gasteiger partial charge in [0.1, 0.15) is 4.83 Å². The number of aromatic nitrogens is 2. The summed E-state index contributed by atoms with van der Waals surface area (Å²) < 4.78 is 1.98. The number of thiophene rings is 1. The molecular formula is C18H23N3OS2. The monoisotopic (exact) mass is 361 g/mol. The van der Waals surface area contributed by atoms with E-state index in [2.05, 4.69) is 13.0 Å². The van der Waals surface area contributed by atoms with Gasteiger partial charge in [-0.05, 0) is 45.1 Å². The Morgan fingerprint density at radius 3 is 2.79 bits per heavy atom. The Morgan fingerprint density at radius 1 is 1.33 bits per heavy atom. The lowest BCUT2D eigenvalue weighted by atomic mass is 10.2. The van der Waals surface area contributed by atoms with E-state index in [9.17, 15) is 4.79 Å². The number of hydrogen-bond donors (Lipinski definition) is 0. The first-order valence-corrected chi connectivity index (χ1v) is 10.5. The van der Waals surface area contributed by atoms with E-state index in [1.165, 1.54) is 17.7 Å². The van der Waals surface area contributed by atoms with Gasteiger partial charge in [-0.3, -0.25) is 9.36 Å². The normalized spacial score (nSPS) is 15.2. The largest absolute Gasteiger partial charge is 0.284 e. The molecule has 1 aliphatic carbocycles. The molecule has 0 saturated heterocycles. The van der Waals surface area contributed by atoms with Crippen molar-refractivity contribution in [2.24, 2.45) is 0 Å². The van der Waals surface area contributed by atoms with Crippen molar-refractivity contribution < 1.29 is 0 Å². The fourth-order valence-corrected chi connectivity index (χ4v) is 5.48. The van der Waals surface area contributed by atoms with Crippen LogP contribution < -0.4 is 5.56 Å². The van der Waals surface area contributed by atoms with Gasteiger partial charge in [0.15, 0.2) is 5.16 Å². The average Bonchev–Trinajstić information content (AvgIpc) is 3.16. The van der Waals surface area contributed by atoms with Crippen LogP contribution in [0.15, 0.2) is 9.95 Å². The number of aryl methyl sites for hydroxylation is 2. The molecule has 4 nitrogen and oxygen atoms in total. The van der Waals surface area contributed by atoms with Gasteiger partial charge in [-0.2, -0.15) is 5.26 Å². The van der Waals surface area contributed by atoms with Crippen LogP contribution in [0, 0.1) is 25.2 Å². The van der Waals surface area contributed by atoms with Crippen molar-refractivity contribution in [2.45, 2.75) is 70.0 Å². The van der Waals surface area contributed by atoms with Crippen LogP contribution >= 0.6 is 23.1 Å². The molecule has 0 unspecified atom stereocenters. The lowest BCUT2D eigenvalue weighted by Crippen LogP contribution is -2.26. The molecule has 6 heteroatoms. The van der Waals surface area contributed by atoms with Crippen LogP contribution in [0.3, 0.4) is 0 Å². The van der Waals surface area contributed by atoms with Crippen LogP contribution in [0.1, 0.15) is 61.4 Å². The summed E-state index contributed by atoms with van der Waals surface area (Å²) in [5, 5.41) is 10.3. The maximum atomic E-state index is 13.2. The predicted molar refractivity (Wildman–Crippen MR) is 101 cm³/mol. The highest BCUT2D eigenvalue weighted by Gasteiger charge is 2.24. The summed E-state index contributed by atoms with van der Waals surface area (Å²) in [5.74, 6) is 0.912. The fourth-order valence-electron chi connectivity index (χ4n) is 3.34. The predicted octanol–water partition coefficient (Wildman–Crippen LogP) is 4.98. The first-order valence-electron chi connectivity index (χ1n) is 8.65. The van der Waals surface area contributed by atoms with Crippen molar-refractivity contribution in [1.29, 1.82) is 5.26 Å². The highest BCUT2D eigenvalue weighted by molar-refractivity contribution is 7.99. The topological polar surface area (TPSA) is 58.7 Å². The Labute approximate surface area is 150 Å². The zero-order chi connectivity index (χ0) is 17.1. The second-order valence-corrected chi connectivity index (χ2v) is 8.70. The molecule has 1 aliphatic rings. The highest BCUT2D eigenvalue weighted by atomic mass is 32.2. The van der Waals surface area contributed by atoms with Crippen LogP contribution in [0.25, 0.3) is 10.2 Å². The quantitative estimate of drug-likeness (QED) is 0.414. The van der Waals surface area contributed by atoms with E-state index in [4.69, 9.17) is 10.2 Å². The number of fused-ring (bicyclic) bond motifs is 1. The molecule has 0 radical (unpaired) electrons. The molecule has 3 rings (SSSR count). The second kappa shape index (κ2) is 7.71. The zero-order valence-corrected chi connectivity index (χ0v) is 15.9.